The van der Waals surface area contributed by atoms with Gasteiger partial charge in [0.15, 0.2) is 4.90 Å². The lowest BCUT2D eigenvalue weighted by atomic mass is 10.2. The van der Waals surface area contributed by atoms with Crippen molar-refractivity contribution < 1.29 is 13.5 Å². The molecule has 0 radical (unpaired) electrons. The number of aromatic nitrogens is 2. The maximum atomic E-state index is 12.6. The van der Waals surface area contributed by atoms with Crippen LogP contribution in [0.3, 0.4) is 0 Å². The van der Waals surface area contributed by atoms with Crippen LogP contribution < -0.4 is 16.6 Å². The summed E-state index contributed by atoms with van der Waals surface area (Å²) in [5.74, 6) is 0. The van der Waals surface area contributed by atoms with E-state index in [2.05, 4.69) is 5.32 Å². The summed E-state index contributed by atoms with van der Waals surface area (Å²) in [6, 6.07) is -0.656. The topological polar surface area (TPSA) is 114 Å². The lowest BCUT2D eigenvalue weighted by Gasteiger charge is -2.25. The van der Waals surface area contributed by atoms with Crippen molar-refractivity contribution >= 4 is 10.0 Å². The highest BCUT2D eigenvalue weighted by Gasteiger charge is 2.37. The van der Waals surface area contributed by atoms with Gasteiger partial charge in [-0.1, -0.05) is 0 Å². The van der Waals surface area contributed by atoms with Crippen molar-refractivity contribution in [1.82, 2.24) is 18.8 Å². The predicted molar refractivity (Wildman–Crippen MR) is 74.5 cm³/mol. The van der Waals surface area contributed by atoms with Gasteiger partial charge >= 0.3 is 5.69 Å². The molecule has 2 atom stereocenters. The molecule has 9 nitrogen and oxygen atoms in total. The highest BCUT2D eigenvalue weighted by atomic mass is 32.2. The number of hydrogen-bond donors (Lipinski definition) is 2. The van der Waals surface area contributed by atoms with Crippen molar-refractivity contribution in [2.24, 2.45) is 14.1 Å². The van der Waals surface area contributed by atoms with Crippen LogP contribution in [0, 0.1) is 0 Å². The van der Waals surface area contributed by atoms with E-state index >= 15 is 0 Å². The Morgan fingerprint density at radius 2 is 1.95 bits per heavy atom. The van der Waals surface area contributed by atoms with Gasteiger partial charge in [-0.15, -0.1) is 0 Å². The van der Waals surface area contributed by atoms with Crippen LogP contribution >= 0.6 is 0 Å². The number of aliphatic hydroxyl groups excluding tert-OH is 1. The van der Waals surface area contributed by atoms with Gasteiger partial charge in [0.1, 0.15) is 0 Å². The Morgan fingerprint density at radius 3 is 2.48 bits per heavy atom. The average molecular weight is 318 g/mol. The van der Waals surface area contributed by atoms with Crippen LogP contribution in [0.4, 0.5) is 0 Å². The quantitative estimate of drug-likeness (QED) is 0.615. The van der Waals surface area contributed by atoms with Gasteiger partial charge < -0.3 is 15.0 Å². The molecule has 0 bridgehead atoms. The molecule has 10 heteroatoms. The van der Waals surface area contributed by atoms with Crippen molar-refractivity contribution in [3.63, 3.8) is 0 Å². The standard InChI is InChI=1S/C11H18N4O5S/c1-13-6-9(10(17)14(2)11(13)18)21(19,20)15(3)7-4-12-5-8(7)16/h6-8,12,16H,4-5H2,1-3H3/t7-,8-/m0/s1. The molecule has 0 unspecified atom stereocenters. The molecule has 0 aromatic carbocycles. The summed E-state index contributed by atoms with van der Waals surface area (Å²) in [6.07, 6.45) is 0.159. The molecule has 1 fully saturated rings. The van der Waals surface area contributed by atoms with Gasteiger partial charge in [0.05, 0.1) is 12.1 Å². The van der Waals surface area contributed by atoms with Gasteiger partial charge in [-0.2, -0.15) is 4.31 Å². The molecule has 1 aromatic rings. The number of rotatable bonds is 3. The first-order valence-corrected chi connectivity index (χ1v) is 7.75. The second kappa shape index (κ2) is 5.37. The van der Waals surface area contributed by atoms with Crippen LogP contribution in [0.1, 0.15) is 0 Å². The van der Waals surface area contributed by atoms with Crippen LogP contribution in [-0.4, -0.2) is 59.2 Å². The Balaban J connectivity index is 2.55. The fourth-order valence-corrected chi connectivity index (χ4v) is 3.84. The summed E-state index contributed by atoms with van der Waals surface area (Å²) >= 11 is 0. The molecule has 0 aliphatic carbocycles. The normalized spacial score (nSPS) is 22.9. The van der Waals surface area contributed by atoms with E-state index in [1.165, 1.54) is 21.1 Å². The number of β-amino-alcohol motifs (C(OH)–C–C–N with tert-alkyl or cyclic N) is 1. The Morgan fingerprint density at radius 1 is 1.33 bits per heavy atom. The van der Waals surface area contributed by atoms with Gasteiger partial charge in [0.25, 0.3) is 5.56 Å². The third kappa shape index (κ3) is 2.55. The van der Waals surface area contributed by atoms with E-state index in [0.29, 0.717) is 6.54 Å². The second-order valence-electron chi connectivity index (χ2n) is 5.07. The van der Waals surface area contributed by atoms with E-state index < -0.39 is 38.3 Å². The average Bonchev–Trinajstić information content (AvgIpc) is 2.85. The van der Waals surface area contributed by atoms with E-state index in [4.69, 9.17) is 0 Å². The zero-order valence-corrected chi connectivity index (χ0v) is 12.8. The van der Waals surface area contributed by atoms with Crippen LogP contribution in [0.25, 0.3) is 0 Å². The molecular weight excluding hydrogens is 300 g/mol. The highest BCUT2D eigenvalue weighted by Crippen LogP contribution is 2.16. The van der Waals surface area contributed by atoms with Gasteiger partial charge in [-0.05, 0) is 0 Å². The molecular formula is C11H18N4O5S. The third-order valence-electron chi connectivity index (χ3n) is 3.69. The Bertz CT molecular complexity index is 766. The number of likely N-dealkylation sites (N-methyl/N-ethyl adjacent to an activating group) is 1. The van der Waals surface area contributed by atoms with Crippen molar-refractivity contribution in [2.45, 2.75) is 17.0 Å². The molecule has 2 N–H and O–H groups in total. The Hall–Kier alpha value is -1.49. The number of nitrogens with one attached hydrogen (secondary N) is 1. The van der Waals surface area contributed by atoms with Crippen molar-refractivity contribution in [2.75, 3.05) is 20.1 Å². The van der Waals surface area contributed by atoms with Crippen LogP contribution in [0.2, 0.25) is 0 Å². The van der Waals surface area contributed by atoms with Crippen LogP contribution in [0.5, 0.6) is 0 Å². The monoisotopic (exact) mass is 318 g/mol. The predicted octanol–water partition coefficient (Wildman–Crippen LogP) is -2.96. The third-order valence-corrected chi connectivity index (χ3v) is 5.56. The SMILES string of the molecule is CN([C@H]1CNC[C@@H]1O)S(=O)(=O)c1cn(C)c(=O)n(C)c1=O. The van der Waals surface area contributed by atoms with E-state index in [9.17, 15) is 23.1 Å². The molecule has 1 aliphatic rings. The number of aryl methyl sites for hydroxylation is 1. The van der Waals surface area contributed by atoms with Gasteiger partial charge in [-0.25, -0.2) is 13.2 Å². The molecule has 0 amide bonds. The molecule has 2 heterocycles. The van der Waals surface area contributed by atoms with Crippen molar-refractivity contribution in [1.29, 1.82) is 0 Å². The summed E-state index contributed by atoms with van der Waals surface area (Å²) in [7, 11) is -0.215. The van der Waals surface area contributed by atoms with Gasteiger partial charge in [0.2, 0.25) is 10.0 Å². The lowest BCUT2D eigenvalue weighted by molar-refractivity contribution is 0.136. The molecule has 1 aromatic heterocycles. The molecule has 21 heavy (non-hydrogen) atoms. The molecule has 0 saturated carbocycles. The number of sulfonamides is 1. The summed E-state index contributed by atoms with van der Waals surface area (Å²) in [6.45, 7) is 0.582. The Kier molecular flexibility index (Phi) is 4.06. The fourth-order valence-electron chi connectivity index (χ4n) is 2.31. The molecule has 118 valence electrons. The second-order valence-corrected chi connectivity index (χ2v) is 7.03. The van der Waals surface area contributed by atoms with Crippen molar-refractivity contribution in [3.05, 3.63) is 27.0 Å². The zero-order chi connectivity index (χ0) is 15.9. The minimum Gasteiger partial charge on any atom is -0.390 e. The maximum Gasteiger partial charge on any atom is 0.330 e. The first-order valence-electron chi connectivity index (χ1n) is 6.31. The fraction of sp³-hybridized carbons (Fsp3) is 0.636. The molecule has 2 rings (SSSR count). The largest absolute Gasteiger partial charge is 0.390 e. The summed E-state index contributed by atoms with van der Waals surface area (Å²) < 4.78 is 27.9. The first kappa shape index (κ1) is 15.9. The van der Waals surface area contributed by atoms with Crippen molar-refractivity contribution in [3.8, 4) is 0 Å². The Labute approximate surface area is 121 Å². The minimum absolute atomic E-state index is 0.288. The van der Waals surface area contributed by atoms with E-state index in [0.717, 1.165) is 19.6 Å². The van der Waals surface area contributed by atoms with Gasteiger partial charge in [-0.3, -0.25) is 9.36 Å². The number of hydrogen-bond acceptors (Lipinski definition) is 6. The van der Waals surface area contributed by atoms with E-state index in [-0.39, 0.29) is 6.54 Å². The summed E-state index contributed by atoms with van der Waals surface area (Å²) in [4.78, 5) is 23.2. The van der Waals surface area contributed by atoms with E-state index in [1.807, 2.05) is 0 Å². The lowest BCUT2D eigenvalue weighted by Crippen LogP contribution is -2.47. The highest BCUT2D eigenvalue weighted by molar-refractivity contribution is 7.89. The van der Waals surface area contributed by atoms with Crippen LogP contribution in [0.15, 0.2) is 20.7 Å². The maximum absolute atomic E-state index is 12.6. The summed E-state index contributed by atoms with van der Waals surface area (Å²) in [5, 5.41) is 12.7. The number of nitrogens with zero attached hydrogens (tertiary/aromatic N) is 3. The van der Waals surface area contributed by atoms with Gasteiger partial charge in [0, 0.05) is 40.4 Å². The molecule has 1 saturated heterocycles. The first-order chi connectivity index (χ1) is 9.67. The smallest absolute Gasteiger partial charge is 0.330 e. The van der Waals surface area contributed by atoms with E-state index in [1.54, 1.807) is 0 Å². The molecule has 1 aliphatic heterocycles. The number of aliphatic hydroxyl groups is 1. The molecule has 0 spiro atoms. The van der Waals surface area contributed by atoms with Crippen LogP contribution in [-0.2, 0) is 24.1 Å². The zero-order valence-electron chi connectivity index (χ0n) is 12.0. The summed E-state index contributed by atoms with van der Waals surface area (Å²) in [5.41, 5.74) is -1.49. The minimum atomic E-state index is -4.11.